The summed E-state index contributed by atoms with van der Waals surface area (Å²) in [5.41, 5.74) is 2.08. The first-order chi connectivity index (χ1) is 12.1. The van der Waals surface area contributed by atoms with E-state index in [0.29, 0.717) is 32.0 Å². The number of amides is 1. The maximum Gasteiger partial charge on any atom is 0.225 e. The highest BCUT2D eigenvalue weighted by molar-refractivity contribution is 5.94. The van der Waals surface area contributed by atoms with E-state index in [1.165, 1.54) is 5.56 Å². The fourth-order valence-corrected chi connectivity index (χ4v) is 2.79. The van der Waals surface area contributed by atoms with Crippen LogP contribution in [0.15, 0.2) is 29.3 Å². The molecule has 0 bridgehead atoms. The van der Waals surface area contributed by atoms with Crippen molar-refractivity contribution in [2.75, 3.05) is 38.7 Å². The van der Waals surface area contributed by atoms with Gasteiger partial charge in [0.15, 0.2) is 5.96 Å². The summed E-state index contributed by atoms with van der Waals surface area (Å²) in [6.45, 7) is 7.20. The van der Waals surface area contributed by atoms with Gasteiger partial charge in [-0.2, -0.15) is 0 Å². The van der Waals surface area contributed by atoms with Crippen LogP contribution in [0.1, 0.15) is 38.2 Å². The minimum absolute atomic E-state index is 0.0620. The predicted molar refractivity (Wildman–Crippen MR) is 102 cm³/mol. The van der Waals surface area contributed by atoms with E-state index in [4.69, 9.17) is 4.74 Å². The second kappa shape index (κ2) is 10.0. The van der Waals surface area contributed by atoms with Crippen molar-refractivity contribution in [2.24, 2.45) is 10.9 Å². The van der Waals surface area contributed by atoms with Crippen molar-refractivity contribution >= 4 is 17.6 Å². The second-order valence-electron chi connectivity index (χ2n) is 6.71. The zero-order valence-electron chi connectivity index (χ0n) is 15.5. The molecule has 3 N–H and O–H groups in total. The lowest BCUT2D eigenvalue weighted by Crippen LogP contribution is -2.41. The zero-order valence-corrected chi connectivity index (χ0v) is 15.5. The molecule has 0 fully saturated rings. The van der Waals surface area contributed by atoms with Gasteiger partial charge in [-0.3, -0.25) is 9.79 Å². The van der Waals surface area contributed by atoms with Crippen molar-refractivity contribution in [1.29, 1.82) is 0 Å². The van der Waals surface area contributed by atoms with E-state index >= 15 is 0 Å². The van der Waals surface area contributed by atoms with E-state index in [-0.39, 0.29) is 11.8 Å². The summed E-state index contributed by atoms with van der Waals surface area (Å²) in [7, 11) is 1.75. The Morgan fingerprint density at radius 3 is 2.88 bits per heavy atom. The average molecular weight is 346 g/mol. The molecule has 1 aromatic rings. The number of benzene rings is 1. The molecule has 138 valence electrons. The van der Waals surface area contributed by atoms with E-state index in [9.17, 15) is 4.79 Å². The molecule has 1 heterocycles. The number of nitrogens with one attached hydrogen (secondary N) is 3. The molecule has 0 spiro atoms. The number of anilines is 1. The molecule has 0 saturated heterocycles. The topological polar surface area (TPSA) is 74.8 Å². The van der Waals surface area contributed by atoms with Gasteiger partial charge in [-0.15, -0.1) is 0 Å². The monoisotopic (exact) mass is 346 g/mol. The molecular weight excluding hydrogens is 316 g/mol. The molecule has 25 heavy (non-hydrogen) atoms. The molecule has 1 unspecified atom stereocenters. The minimum atomic E-state index is 0.0620. The Morgan fingerprint density at radius 1 is 1.32 bits per heavy atom. The van der Waals surface area contributed by atoms with Gasteiger partial charge in [0.05, 0.1) is 6.61 Å². The van der Waals surface area contributed by atoms with Crippen LogP contribution in [0.25, 0.3) is 0 Å². The highest BCUT2D eigenvalue weighted by atomic mass is 16.5. The molecule has 6 heteroatoms. The summed E-state index contributed by atoms with van der Waals surface area (Å²) in [5, 5.41) is 9.48. The smallest absolute Gasteiger partial charge is 0.225 e. The van der Waals surface area contributed by atoms with Crippen LogP contribution in [-0.2, 0) is 9.53 Å². The Balaban J connectivity index is 1.75. The van der Waals surface area contributed by atoms with Crippen LogP contribution in [-0.4, -0.2) is 45.2 Å². The van der Waals surface area contributed by atoms with Gasteiger partial charge in [-0.05, 0) is 24.0 Å². The van der Waals surface area contributed by atoms with Gasteiger partial charge in [0, 0.05) is 44.8 Å². The zero-order chi connectivity index (χ0) is 18.1. The van der Waals surface area contributed by atoms with Crippen molar-refractivity contribution < 1.29 is 9.53 Å². The fourth-order valence-electron chi connectivity index (χ4n) is 2.79. The number of nitrogens with zero attached hydrogens (tertiary/aromatic N) is 1. The number of carbonyl (C=O) groups is 1. The predicted octanol–water partition coefficient (Wildman–Crippen LogP) is 2.34. The number of ether oxygens (including phenoxy) is 1. The highest BCUT2D eigenvalue weighted by Crippen LogP contribution is 2.31. The molecule has 1 aliphatic rings. The van der Waals surface area contributed by atoms with E-state index < -0.39 is 0 Å². The Morgan fingerprint density at radius 2 is 2.12 bits per heavy atom. The highest BCUT2D eigenvalue weighted by Gasteiger charge is 2.24. The molecule has 1 aromatic carbocycles. The first-order valence-corrected chi connectivity index (χ1v) is 9.01. The molecular formula is C19H30N4O2. The van der Waals surface area contributed by atoms with Crippen LogP contribution in [0.2, 0.25) is 0 Å². The Kier molecular flexibility index (Phi) is 7.73. The first kappa shape index (κ1) is 19.2. The average Bonchev–Trinajstić information content (AvgIpc) is 2.59. The second-order valence-corrected chi connectivity index (χ2v) is 6.71. The summed E-state index contributed by atoms with van der Waals surface area (Å²) < 4.78 is 5.60. The van der Waals surface area contributed by atoms with Gasteiger partial charge in [0.25, 0.3) is 0 Å². The van der Waals surface area contributed by atoms with E-state index in [2.05, 4.69) is 40.9 Å². The normalized spacial score (nSPS) is 17.2. The fraction of sp³-hybridized carbons (Fsp3) is 0.579. The molecule has 0 saturated carbocycles. The number of para-hydroxylation sites is 1. The molecule has 0 radical (unpaired) electrons. The summed E-state index contributed by atoms with van der Waals surface area (Å²) in [5.74, 6) is 1.60. The number of guanidine groups is 1. The van der Waals surface area contributed by atoms with Crippen LogP contribution in [0.3, 0.4) is 0 Å². The maximum absolute atomic E-state index is 11.9. The SMILES string of the molecule is CN=C(NCCOCCC(C)C)NCC1CC(=O)Nc2ccccc21. The summed E-state index contributed by atoms with van der Waals surface area (Å²) in [4.78, 5) is 16.1. The van der Waals surface area contributed by atoms with Crippen molar-refractivity contribution in [3.05, 3.63) is 29.8 Å². The molecule has 0 aromatic heterocycles. The van der Waals surface area contributed by atoms with Crippen LogP contribution < -0.4 is 16.0 Å². The van der Waals surface area contributed by atoms with Gasteiger partial charge in [-0.1, -0.05) is 32.0 Å². The lowest BCUT2D eigenvalue weighted by atomic mass is 9.90. The third kappa shape index (κ3) is 6.38. The van der Waals surface area contributed by atoms with E-state index in [1.54, 1.807) is 7.05 Å². The lowest BCUT2D eigenvalue weighted by Gasteiger charge is -2.26. The number of hydrogen-bond acceptors (Lipinski definition) is 3. The number of aliphatic imine (C=N–C) groups is 1. The molecule has 1 amide bonds. The first-order valence-electron chi connectivity index (χ1n) is 9.01. The summed E-state index contributed by atoms with van der Waals surface area (Å²) in [6.07, 6.45) is 1.56. The van der Waals surface area contributed by atoms with Crippen molar-refractivity contribution in [3.8, 4) is 0 Å². The van der Waals surface area contributed by atoms with Crippen molar-refractivity contribution in [3.63, 3.8) is 0 Å². The minimum Gasteiger partial charge on any atom is -0.380 e. The molecule has 1 aliphatic heterocycles. The van der Waals surface area contributed by atoms with Gasteiger partial charge >= 0.3 is 0 Å². The Hall–Kier alpha value is -2.08. The number of hydrogen-bond donors (Lipinski definition) is 3. The maximum atomic E-state index is 11.9. The largest absolute Gasteiger partial charge is 0.380 e. The lowest BCUT2D eigenvalue weighted by molar-refractivity contribution is -0.116. The number of fused-ring (bicyclic) bond motifs is 1. The Labute approximate surface area is 150 Å². The molecule has 6 nitrogen and oxygen atoms in total. The number of carbonyl (C=O) groups excluding carboxylic acids is 1. The number of rotatable bonds is 8. The standard InChI is InChI=1S/C19H30N4O2/c1-14(2)8-10-25-11-9-21-19(20-3)22-13-15-12-18(24)23-17-7-5-4-6-16(15)17/h4-7,14-15H,8-13H2,1-3H3,(H,23,24)(H2,20,21,22). The van der Waals surface area contributed by atoms with Crippen LogP contribution in [0.4, 0.5) is 5.69 Å². The van der Waals surface area contributed by atoms with E-state index in [1.807, 2.05) is 18.2 Å². The van der Waals surface area contributed by atoms with Gasteiger partial charge < -0.3 is 20.7 Å². The third-order valence-electron chi connectivity index (χ3n) is 4.22. The summed E-state index contributed by atoms with van der Waals surface area (Å²) in [6, 6.07) is 7.96. The summed E-state index contributed by atoms with van der Waals surface area (Å²) >= 11 is 0. The van der Waals surface area contributed by atoms with Crippen LogP contribution in [0, 0.1) is 5.92 Å². The molecule has 1 atom stereocenters. The van der Waals surface area contributed by atoms with Gasteiger partial charge in [0.1, 0.15) is 0 Å². The molecule has 2 rings (SSSR count). The Bertz CT molecular complexity index is 587. The quantitative estimate of drug-likeness (QED) is 0.384. The van der Waals surface area contributed by atoms with Crippen molar-refractivity contribution in [1.82, 2.24) is 10.6 Å². The van der Waals surface area contributed by atoms with Gasteiger partial charge in [0.2, 0.25) is 5.91 Å². The van der Waals surface area contributed by atoms with Crippen LogP contribution in [0.5, 0.6) is 0 Å². The molecule has 0 aliphatic carbocycles. The van der Waals surface area contributed by atoms with E-state index in [0.717, 1.165) is 24.7 Å². The van der Waals surface area contributed by atoms with Crippen LogP contribution >= 0.6 is 0 Å². The van der Waals surface area contributed by atoms with Gasteiger partial charge in [-0.25, -0.2) is 0 Å². The van der Waals surface area contributed by atoms with Crippen molar-refractivity contribution in [2.45, 2.75) is 32.6 Å². The third-order valence-corrected chi connectivity index (χ3v) is 4.22.